The first kappa shape index (κ1) is 16.3. The van der Waals surface area contributed by atoms with Gasteiger partial charge < -0.3 is 15.0 Å². The summed E-state index contributed by atoms with van der Waals surface area (Å²) in [6, 6.07) is 7.68. The predicted molar refractivity (Wildman–Crippen MR) is 98.1 cm³/mol. The minimum absolute atomic E-state index is 0.178. The van der Waals surface area contributed by atoms with E-state index in [1.165, 1.54) is 0 Å². The third kappa shape index (κ3) is 3.45. The van der Waals surface area contributed by atoms with E-state index < -0.39 is 0 Å². The number of nitrogens with one attached hydrogen (secondary N) is 1. The van der Waals surface area contributed by atoms with Crippen LogP contribution >= 0.6 is 11.6 Å². The molecule has 2 aromatic heterocycles. The zero-order valence-corrected chi connectivity index (χ0v) is 14.7. The van der Waals surface area contributed by atoms with E-state index in [4.69, 9.17) is 11.6 Å². The van der Waals surface area contributed by atoms with Crippen molar-refractivity contribution in [2.24, 2.45) is 0 Å². The summed E-state index contributed by atoms with van der Waals surface area (Å²) in [6.45, 7) is 0.789. The minimum atomic E-state index is -0.178. The number of hydrogen-bond acceptors (Lipinski definition) is 5. The molecule has 0 amide bonds. The van der Waals surface area contributed by atoms with Crippen molar-refractivity contribution in [2.45, 2.75) is 31.3 Å². The molecule has 4 rings (SSSR count). The average Bonchev–Trinajstić information content (AvgIpc) is 2.99. The summed E-state index contributed by atoms with van der Waals surface area (Å²) in [6.07, 6.45) is 3.80. The van der Waals surface area contributed by atoms with E-state index in [2.05, 4.69) is 24.8 Å². The van der Waals surface area contributed by atoms with Crippen molar-refractivity contribution in [2.75, 3.05) is 18.5 Å². The lowest BCUT2D eigenvalue weighted by molar-refractivity contribution is 0.0732. The molecule has 0 bridgehead atoms. The number of nitrogens with zero attached hydrogens (tertiary/aromatic N) is 4. The van der Waals surface area contributed by atoms with Gasteiger partial charge in [-0.05, 0) is 31.0 Å². The fourth-order valence-electron chi connectivity index (χ4n) is 3.16. The van der Waals surface area contributed by atoms with Gasteiger partial charge in [-0.1, -0.05) is 11.6 Å². The van der Waals surface area contributed by atoms with Gasteiger partial charge in [-0.2, -0.15) is 0 Å². The monoisotopic (exact) mass is 357 g/mol. The van der Waals surface area contributed by atoms with Crippen molar-refractivity contribution in [1.29, 1.82) is 0 Å². The van der Waals surface area contributed by atoms with Gasteiger partial charge in [0, 0.05) is 42.7 Å². The zero-order valence-electron chi connectivity index (χ0n) is 14.0. The molecule has 25 heavy (non-hydrogen) atoms. The van der Waals surface area contributed by atoms with E-state index in [0.29, 0.717) is 10.9 Å². The van der Waals surface area contributed by atoms with Crippen molar-refractivity contribution in [1.82, 2.24) is 19.9 Å². The number of halogens is 1. The molecule has 1 aliphatic carbocycles. The molecule has 1 saturated carbocycles. The molecule has 1 aliphatic rings. The number of imidazole rings is 1. The number of aliphatic hydroxyl groups excluding tert-OH is 1. The van der Waals surface area contributed by atoms with Gasteiger partial charge in [0.2, 0.25) is 0 Å². The fourth-order valence-corrected chi connectivity index (χ4v) is 3.34. The maximum atomic E-state index is 9.47. The lowest BCUT2D eigenvalue weighted by Gasteiger charge is -2.31. The van der Waals surface area contributed by atoms with Crippen molar-refractivity contribution in [3.8, 4) is 0 Å². The number of H-pyrrole nitrogens is 1. The predicted octanol–water partition coefficient (Wildman–Crippen LogP) is 2.92. The van der Waals surface area contributed by atoms with Crippen LogP contribution in [0, 0.1) is 0 Å². The Bertz CT molecular complexity index is 890. The quantitative estimate of drug-likeness (QED) is 0.734. The van der Waals surface area contributed by atoms with Gasteiger partial charge in [0.05, 0.1) is 17.1 Å². The highest BCUT2D eigenvalue weighted by molar-refractivity contribution is 6.31. The number of benzene rings is 1. The molecular formula is C18H20ClN5O. The number of fused-ring (bicyclic) bond motifs is 1. The number of likely N-dealkylation sites (N-methyl/N-ethyl adjacent to an activating group) is 1. The number of rotatable bonds is 5. The first-order valence-corrected chi connectivity index (χ1v) is 8.81. The number of hydrogen-bond donors (Lipinski definition) is 2. The largest absolute Gasteiger partial charge is 0.393 e. The highest BCUT2D eigenvalue weighted by atomic mass is 35.5. The van der Waals surface area contributed by atoms with Gasteiger partial charge in [-0.15, -0.1) is 0 Å². The van der Waals surface area contributed by atoms with E-state index in [1.54, 1.807) is 6.33 Å². The van der Waals surface area contributed by atoms with Crippen LogP contribution in [0.1, 0.15) is 30.3 Å². The Morgan fingerprint density at radius 1 is 1.28 bits per heavy atom. The summed E-state index contributed by atoms with van der Waals surface area (Å²) in [5.41, 5.74) is 2.90. The number of anilines is 1. The summed E-state index contributed by atoms with van der Waals surface area (Å²) in [5.74, 6) is 2.18. The van der Waals surface area contributed by atoms with Crippen molar-refractivity contribution in [3.63, 3.8) is 0 Å². The highest BCUT2D eigenvalue weighted by Crippen LogP contribution is 2.36. The van der Waals surface area contributed by atoms with Gasteiger partial charge in [0.25, 0.3) is 0 Å². The SMILES string of the molecule is CN(CCc1nc2ccc(Cl)cc2[nH]1)c1cc(C2CC(O)C2)ncn1. The Labute approximate surface area is 150 Å². The molecular weight excluding hydrogens is 338 g/mol. The van der Waals surface area contributed by atoms with E-state index in [1.807, 2.05) is 31.3 Å². The van der Waals surface area contributed by atoms with Crippen molar-refractivity contribution >= 4 is 28.5 Å². The van der Waals surface area contributed by atoms with Crippen molar-refractivity contribution in [3.05, 3.63) is 47.1 Å². The maximum absolute atomic E-state index is 9.47. The van der Waals surface area contributed by atoms with Crippen LogP contribution < -0.4 is 4.90 Å². The molecule has 2 N–H and O–H groups in total. The summed E-state index contributed by atoms with van der Waals surface area (Å²) in [4.78, 5) is 18.7. The molecule has 0 aliphatic heterocycles. The lowest BCUT2D eigenvalue weighted by Crippen LogP contribution is -2.28. The standard InChI is InChI=1S/C18H20ClN5O/c1-24(18-9-15(20-10-21-18)11-6-13(25)7-11)5-4-17-22-14-3-2-12(19)8-16(14)23-17/h2-3,8-11,13,25H,4-7H2,1H3,(H,22,23). The van der Waals surface area contributed by atoms with Crippen LogP contribution in [-0.2, 0) is 6.42 Å². The second-order valence-electron chi connectivity index (χ2n) is 6.64. The summed E-state index contributed by atoms with van der Waals surface area (Å²) >= 11 is 6.02. The third-order valence-corrected chi connectivity index (χ3v) is 5.01. The van der Waals surface area contributed by atoms with Gasteiger partial charge in [0.15, 0.2) is 0 Å². The fraction of sp³-hybridized carbons (Fsp3) is 0.389. The van der Waals surface area contributed by atoms with Gasteiger partial charge >= 0.3 is 0 Å². The molecule has 2 heterocycles. The second-order valence-corrected chi connectivity index (χ2v) is 7.08. The Kier molecular flexibility index (Phi) is 4.31. The van der Waals surface area contributed by atoms with Crippen LogP contribution in [0.15, 0.2) is 30.6 Å². The molecule has 1 aromatic carbocycles. The molecule has 0 atom stereocenters. The summed E-state index contributed by atoms with van der Waals surface area (Å²) in [7, 11) is 2.02. The van der Waals surface area contributed by atoms with Gasteiger partial charge in [-0.3, -0.25) is 0 Å². The first-order valence-electron chi connectivity index (χ1n) is 8.44. The zero-order chi connectivity index (χ0) is 17.4. The lowest BCUT2D eigenvalue weighted by atomic mass is 9.80. The topological polar surface area (TPSA) is 77.9 Å². The van der Waals surface area contributed by atoms with Crippen LogP contribution in [0.5, 0.6) is 0 Å². The van der Waals surface area contributed by atoms with Crippen LogP contribution in [-0.4, -0.2) is 44.7 Å². The Morgan fingerprint density at radius 2 is 2.12 bits per heavy atom. The molecule has 7 heteroatoms. The summed E-state index contributed by atoms with van der Waals surface area (Å²) < 4.78 is 0. The number of aliphatic hydroxyl groups is 1. The molecule has 6 nitrogen and oxygen atoms in total. The minimum Gasteiger partial charge on any atom is -0.393 e. The first-order chi connectivity index (χ1) is 12.1. The van der Waals surface area contributed by atoms with Crippen LogP contribution in [0.2, 0.25) is 5.02 Å². The van der Waals surface area contributed by atoms with E-state index >= 15 is 0 Å². The second kappa shape index (κ2) is 6.61. The molecule has 1 fully saturated rings. The van der Waals surface area contributed by atoms with E-state index in [-0.39, 0.29) is 6.10 Å². The van der Waals surface area contributed by atoms with E-state index in [0.717, 1.165) is 54.2 Å². The van der Waals surface area contributed by atoms with Crippen LogP contribution in [0.25, 0.3) is 11.0 Å². The van der Waals surface area contributed by atoms with Gasteiger partial charge in [0.1, 0.15) is 18.0 Å². The Morgan fingerprint density at radius 3 is 2.92 bits per heavy atom. The highest BCUT2D eigenvalue weighted by Gasteiger charge is 2.29. The van der Waals surface area contributed by atoms with Crippen molar-refractivity contribution < 1.29 is 5.11 Å². The summed E-state index contributed by atoms with van der Waals surface area (Å²) in [5, 5.41) is 10.2. The molecule has 3 aromatic rings. The van der Waals surface area contributed by atoms with Crippen LogP contribution in [0.3, 0.4) is 0 Å². The normalized spacial score (nSPS) is 19.8. The smallest absolute Gasteiger partial charge is 0.131 e. The molecule has 0 radical (unpaired) electrons. The molecule has 0 spiro atoms. The maximum Gasteiger partial charge on any atom is 0.131 e. The molecule has 0 saturated heterocycles. The van der Waals surface area contributed by atoms with Gasteiger partial charge in [-0.25, -0.2) is 15.0 Å². The van der Waals surface area contributed by atoms with Crippen LogP contribution in [0.4, 0.5) is 5.82 Å². The Balaban J connectivity index is 1.42. The van der Waals surface area contributed by atoms with E-state index in [9.17, 15) is 5.11 Å². The average molecular weight is 358 g/mol. The Hall–Kier alpha value is -2.18. The number of aromatic amines is 1. The molecule has 0 unspecified atom stereocenters. The number of aromatic nitrogens is 4. The third-order valence-electron chi connectivity index (χ3n) is 4.77. The molecule has 130 valence electrons.